The Morgan fingerprint density at radius 1 is 1.19 bits per heavy atom. The normalized spacial score (nSPS) is 10.8. The van der Waals surface area contributed by atoms with Gasteiger partial charge in [-0.15, -0.1) is 10.2 Å². The van der Waals surface area contributed by atoms with E-state index in [1.54, 1.807) is 7.11 Å². The van der Waals surface area contributed by atoms with Crippen molar-refractivity contribution in [1.82, 2.24) is 25.1 Å². The molecular weight excluding hydrogens is 426 g/mol. The zero-order valence-electron chi connectivity index (χ0n) is 17.7. The van der Waals surface area contributed by atoms with Crippen LogP contribution in [0.5, 0.6) is 5.75 Å². The number of benzene rings is 2. The van der Waals surface area contributed by atoms with Crippen LogP contribution in [-0.2, 0) is 11.2 Å². The minimum absolute atomic E-state index is 0.135. The highest BCUT2D eigenvalue weighted by Crippen LogP contribution is 2.26. The fourth-order valence-electron chi connectivity index (χ4n) is 3.17. The first-order valence-corrected chi connectivity index (χ1v) is 11.0. The molecule has 4 aromatic rings. The third kappa shape index (κ3) is 4.59. The average molecular weight is 450 g/mol. The fraction of sp³-hybridized carbons (Fsp3) is 0.182. The zero-order valence-corrected chi connectivity index (χ0v) is 18.5. The number of para-hydroxylation sites is 1. The minimum Gasteiger partial charge on any atom is -0.497 e. The van der Waals surface area contributed by atoms with Gasteiger partial charge in [0, 0.05) is 11.3 Å². The van der Waals surface area contributed by atoms with E-state index in [-0.39, 0.29) is 11.7 Å². The maximum absolute atomic E-state index is 12.4. The molecule has 0 aliphatic heterocycles. The van der Waals surface area contributed by atoms with Crippen molar-refractivity contribution < 1.29 is 9.53 Å². The minimum atomic E-state index is -0.135. The van der Waals surface area contributed by atoms with Crippen LogP contribution in [-0.4, -0.2) is 43.8 Å². The molecule has 164 valence electrons. The highest BCUT2D eigenvalue weighted by molar-refractivity contribution is 7.99. The van der Waals surface area contributed by atoms with Crippen molar-refractivity contribution in [2.24, 2.45) is 0 Å². The van der Waals surface area contributed by atoms with Crippen LogP contribution in [0, 0.1) is 0 Å². The van der Waals surface area contributed by atoms with Crippen molar-refractivity contribution in [3.05, 3.63) is 60.2 Å². The molecule has 9 nitrogen and oxygen atoms in total. The number of thioether (sulfide) groups is 1. The molecule has 10 heteroatoms. The summed E-state index contributed by atoms with van der Waals surface area (Å²) >= 11 is 1.21. The number of nitrogen functional groups attached to an aromatic ring is 1. The Morgan fingerprint density at radius 3 is 2.72 bits per heavy atom. The standard InChI is InChI=1S/C22H23N7O2S/c1-3-14-6-4-5-7-17(14)24-20(30)13-32-22-28-27-21(29(22)23)19-12-18(25-26-19)15-8-10-16(31-2)11-9-15/h4-12H,3,13,23H2,1-2H3,(H,24,30)(H,25,26). The van der Waals surface area contributed by atoms with E-state index >= 15 is 0 Å². The summed E-state index contributed by atoms with van der Waals surface area (Å²) in [6, 6.07) is 17.2. The second kappa shape index (κ2) is 9.56. The molecule has 0 aliphatic rings. The topological polar surface area (TPSA) is 124 Å². The monoisotopic (exact) mass is 449 g/mol. The number of aromatic nitrogens is 5. The van der Waals surface area contributed by atoms with Crippen molar-refractivity contribution in [2.45, 2.75) is 18.5 Å². The number of ether oxygens (including phenoxy) is 1. The van der Waals surface area contributed by atoms with Crippen LogP contribution in [0.15, 0.2) is 59.8 Å². The average Bonchev–Trinajstić information content (AvgIpc) is 3.45. The quantitative estimate of drug-likeness (QED) is 0.278. The Morgan fingerprint density at radius 2 is 1.97 bits per heavy atom. The molecule has 0 saturated heterocycles. The number of carbonyl (C=O) groups is 1. The fourth-order valence-corrected chi connectivity index (χ4v) is 3.83. The largest absolute Gasteiger partial charge is 0.497 e. The molecule has 4 rings (SSSR count). The first kappa shape index (κ1) is 21.4. The van der Waals surface area contributed by atoms with Crippen LogP contribution in [0.25, 0.3) is 22.8 Å². The van der Waals surface area contributed by atoms with Gasteiger partial charge in [0.15, 0.2) is 0 Å². The highest BCUT2D eigenvalue weighted by Gasteiger charge is 2.16. The molecule has 0 aliphatic carbocycles. The van der Waals surface area contributed by atoms with Crippen LogP contribution in [0.1, 0.15) is 12.5 Å². The molecule has 0 radical (unpaired) electrons. The molecule has 0 atom stereocenters. The van der Waals surface area contributed by atoms with Gasteiger partial charge in [0.05, 0.1) is 18.6 Å². The number of hydrogen-bond donors (Lipinski definition) is 3. The van der Waals surface area contributed by atoms with Gasteiger partial charge >= 0.3 is 0 Å². The van der Waals surface area contributed by atoms with E-state index in [1.807, 2.05) is 61.5 Å². The zero-order chi connectivity index (χ0) is 22.5. The van der Waals surface area contributed by atoms with E-state index in [4.69, 9.17) is 10.6 Å². The first-order chi connectivity index (χ1) is 15.6. The number of carbonyl (C=O) groups excluding carboxylic acids is 1. The maximum atomic E-state index is 12.4. The number of anilines is 1. The van der Waals surface area contributed by atoms with Crippen molar-refractivity contribution in [3.63, 3.8) is 0 Å². The summed E-state index contributed by atoms with van der Waals surface area (Å²) in [4.78, 5) is 12.4. The molecule has 32 heavy (non-hydrogen) atoms. The molecule has 2 heterocycles. The van der Waals surface area contributed by atoms with E-state index in [1.165, 1.54) is 16.4 Å². The highest BCUT2D eigenvalue weighted by atomic mass is 32.2. The van der Waals surface area contributed by atoms with Crippen LogP contribution in [0.4, 0.5) is 5.69 Å². The van der Waals surface area contributed by atoms with Crippen LogP contribution in [0.2, 0.25) is 0 Å². The van der Waals surface area contributed by atoms with E-state index in [0.29, 0.717) is 16.7 Å². The first-order valence-electron chi connectivity index (χ1n) is 10.00. The molecule has 0 fully saturated rings. The molecule has 4 N–H and O–H groups in total. The number of H-pyrrole nitrogens is 1. The van der Waals surface area contributed by atoms with Crippen LogP contribution in [0.3, 0.4) is 0 Å². The predicted octanol–water partition coefficient (Wildman–Crippen LogP) is 3.35. The summed E-state index contributed by atoms with van der Waals surface area (Å²) in [7, 11) is 1.62. The van der Waals surface area contributed by atoms with E-state index in [2.05, 4.69) is 25.7 Å². The number of nitrogens with two attached hydrogens (primary N) is 1. The van der Waals surface area contributed by atoms with Gasteiger partial charge in [-0.3, -0.25) is 9.89 Å². The number of aromatic amines is 1. The molecule has 0 bridgehead atoms. The summed E-state index contributed by atoms with van der Waals surface area (Å²) < 4.78 is 6.54. The van der Waals surface area contributed by atoms with Gasteiger partial charge in [0.2, 0.25) is 16.9 Å². The second-order valence-electron chi connectivity index (χ2n) is 6.92. The van der Waals surface area contributed by atoms with Gasteiger partial charge in [-0.05, 0) is 48.4 Å². The summed E-state index contributed by atoms with van der Waals surface area (Å²) in [5.41, 5.74) is 4.20. The summed E-state index contributed by atoms with van der Waals surface area (Å²) in [6.07, 6.45) is 0.840. The molecule has 0 unspecified atom stereocenters. The summed E-state index contributed by atoms with van der Waals surface area (Å²) in [5, 5.41) is 18.9. The van der Waals surface area contributed by atoms with Crippen LogP contribution >= 0.6 is 11.8 Å². The van der Waals surface area contributed by atoms with Crippen molar-refractivity contribution >= 4 is 23.4 Å². The molecule has 2 aromatic carbocycles. The van der Waals surface area contributed by atoms with Gasteiger partial charge in [0.25, 0.3) is 0 Å². The van der Waals surface area contributed by atoms with E-state index in [9.17, 15) is 4.79 Å². The lowest BCUT2D eigenvalue weighted by atomic mass is 10.1. The number of nitrogens with one attached hydrogen (secondary N) is 2. The van der Waals surface area contributed by atoms with Gasteiger partial charge in [0.1, 0.15) is 11.4 Å². The van der Waals surface area contributed by atoms with Crippen molar-refractivity contribution in [2.75, 3.05) is 24.0 Å². The van der Waals surface area contributed by atoms with Gasteiger partial charge < -0.3 is 15.9 Å². The number of aryl methyl sites for hydroxylation is 1. The van der Waals surface area contributed by atoms with Crippen LogP contribution < -0.4 is 15.9 Å². The third-order valence-electron chi connectivity index (χ3n) is 4.87. The smallest absolute Gasteiger partial charge is 0.234 e. The number of amides is 1. The van der Waals surface area contributed by atoms with Gasteiger partial charge in [-0.1, -0.05) is 36.9 Å². The Bertz CT molecular complexity index is 1220. The Kier molecular flexibility index (Phi) is 6.41. The Balaban J connectivity index is 1.42. The Labute approximate surface area is 189 Å². The SMILES string of the molecule is CCc1ccccc1NC(=O)CSc1nnc(-c2cc(-c3ccc(OC)cc3)n[nH]2)n1N. The predicted molar refractivity (Wildman–Crippen MR) is 125 cm³/mol. The summed E-state index contributed by atoms with van der Waals surface area (Å²) in [5.74, 6) is 7.41. The molecular formula is C22H23N7O2S. The van der Waals surface area contributed by atoms with Gasteiger partial charge in [-0.2, -0.15) is 5.10 Å². The number of rotatable bonds is 8. The Hall–Kier alpha value is -3.79. The molecule has 0 saturated carbocycles. The van der Waals surface area contributed by atoms with Crippen molar-refractivity contribution in [3.8, 4) is 28.5 Å². The molecule has 2 aromatic heterocycles. The summed E-state index contributed by atoms with van der Waals surface area (Å²) in [6.45, 7) is 2.05. The number of nitrogens with zero attached hydrogens (tertiary/aromatic N) is 4. The van der Waals surface area contributed by atoms with Gasteiger partial charge in [-0.25, -0.2) is 4.68 Å². The third-order valence-corrected chi connectivity index (χ3v) is 5.82. The maximum Gasteiger partial charge on any atom is 0.234 e. The lowest BCUT2D eigenvalue weighted by molar-refractivity contribution is -0.113. The van der Waals surface area contributed by atoms with Crippen molar-refractivity contribution in [1.29, 1.82) is 0 Å². The number of methoxy groups -OCH3 is 1. The van der Waals surface area contributed by atoms with E-state index < -0.39 is 0 Å². The number of hydrogen-bond acceptors (Lipinski definition) is 7. The second-order valence-corrected chi connectivity index (χ2v) is 7.86. The lowest BCUT2D eigenvalue weighted by Gasteiger charge is -2.09. The molecule has 1 amide bonds. The van der Waals surface area contributed by atoms with E-state index in [0.717, 1.165) is 34.7 Å². The lowest BCUT2D eigenvalue weighted by Crippen LogP contribution is -2.17. The molecule has 0 spiro atoms.